The number of hydrogen-bond acceptors (Lipinski definition) is 4. The average molecular weight is 280 g/mol. The van der Waals surface area contributed by atoms with Gasteiger partial charge in [0.1, 0.15) is 5.60 Å². The van der Waals surface area contributed by atoms with Gasteiger partial charge in [-0.15, -0.1) is 0 Å². The number of hydrogen-bond donors (Lipinski definition) is 3. The number of anilines is 1. The Kier molecular flexibility index (Phi) is 3.92. The number of aromatic nitrogens is 2. The van der Waals surface area contributed by atoms with Gasteiger partial charge in [-0.25, -0.2) is 4.79 Å². The van der Waals surface area contributed by atoms with E-state index >= 15 is 0 Å². The summed E-state index contributed by atoms with van der Waals surface area (Å²) in [7, 11) is 0. The lowest BCUT2D eigenvalue weighted by molar-refractivity contribution is 0.0417. The number of H-pyrrole nitrogens is 1. The number of nitrogens with zero attached hydrogens (tertiary/aromatic N) is 1. The van der Waals surface area contributed by atoms with E-state index in [0.29, 0.717) is 5.69 Å². The Labute approximate surface area is 119 Å². The van der Waals surface area contributed by atoms with Gasteiger partial charge in [-0.05, 0) is 33.6 Å². The highest BCUT2D eigenvalue weighted by Crippen LogP contribution is 2.38. The van der Waals surface area contributed by atoms with E-state index in [4.69, 9.17) is 10.5 Å². The number of nitrogens with one attached hydrogen (secondary N) is 2. The zero-order chi connectivity index (χ0) is 14.8. The van der Waals surface area contributed by atoms with Crippen molar-refractivity contribution in [3.05, 3.63) is 11.9 Å². The van der Waals surface area contributed by atoms with E-state index in [1.165, 1.54) is 6.42 Å². The van der Waals surface area contributed by atoms with Gasteiger partial charge in [0.05, 0.1) is 23.1 Å². The summed E-state index contributed by atoms with van der Waals surface area (Å²) in [6.45, 7) is 5.56. The number of carbonyl (C=O) groups is 1. The molecule has 0 radical (unpaired) electrons. The Bertz CT molecular complexity index is 470. The van der Waals surface area contributed by atoms with Crippen molar-refractivity contribution in [1.82, 2.24) is 15.5 Å². The minimum Gasteiger partial charge on any atom is -0.444 e. The van der Waals surface area contributed by atoms with Crippen LogP contribution in [0.4, 0.5) is 10.5 Å². The molecular formula is C14H24N4O2. The van der Waals surface area contributed by atoms with Crippen molar-refractivity contribution in [2.45, 2.75) is 64.0 Å². The van der Waals surface area contributed by atoms with Crippen molar-refractivity contribution in [2.75, 3.05) is 5.73 Å². The molecule has 1 aromatic heterocycles. The third-order valence-corrected chi connectivity index (χ3v) is 3.59. The first-order valence-electron chi connectivity index (χ1n) is 7.13. The van der Waals surface area contributed by atoms with Crippen molar-refractivity contribution in [2.24, 2.45) is 0 Å². The second-order valence-corrected chi connectivity index (χ2v) is 6.47. The van der Waals surface area contributed by atoms with Gasteiger partial charge in [-0.1, -0.05) is 19.3 Å². The first-order chi connectivity index (χ1) is 9.32. The van der Waals surface area contributed by atoms with Crippen LogP contribution in [0.2, 0.25) is 0 Å². The summed E-state index contributed by atoms with van der Waals surface area (Å²) in [5, 5.41) is 9.94. The highest BCUT2D eigenvalue weighted by molar-refractivity contribution is 5.69. The standard InChI is InChI=1S/C14H24N4O2/c1-13(2,3)20-12(19)17-14(7-5-4-6-8-14)11-10(15)9-16-18-11/h9H,4-8,15H2,1-3H3,(H,16,18)(H,17,19). The quantitative estimate of drug-likeness (QED) is 0.776. The number of alkyl carbamates (subject to hydrolysis) is 1. The predicted molar refractivity (Wildman–Crippen MR) is 77.1 cm³/mol. The zero-order valence-corrected chi connectivity index (χ0v) is 12.5. The molecule has 0 saturated heterocycles. The van der Waals surface area contributed by atoms with Crippen molar-refractivity contribution >= 4 is 11.8 Å². The second-order valence-electron chi connectivity index (χ2n) is 6.47. The van der Waals surface area contributed by atoms with E-state index in [0.717, 1.165) is 31.4 Å². The number of rotatable bonds is 2. The van der Waals surface area contributed by atoms with Crippen molar-refractivity contribution < 1.29 is 9.53 Å². The fourth-order valence-electron chi connectivity index (χ4n) is 2.77. The molecule has 1 saturated carbocycles. The van der Waals surface area contributed by atoms with Crippen molar-refractivity contribution in [3.63, 3.8) is 0 Å². The van der Waals surface area contributed by atoms with Gasteiger partial charge in [0.15, 0.2) is 0 Å². The average Bonchev–Trinajstić information content (AvgIpc) is 2.74. The largest absolute Gasteiger partial charge is 0.444 e. The number of carbonyl (C=O) groups excluding carboxylic acids is 1. The van der Waals surface area contributed by atoms with Gasteiger partial charge < -0.3 is 15.8 Å². The molecule has 2 rings (SSSR count). The van der Waals surface area contributed by atoms with Crippen LogP contribution in [0.15, 0.2) is 6.20 Å². The van der Waals surface area contributed by atoms with E-state index in [1.807, 2.05) is 20.8 Å². The molecule has 0 atom stereocenters. The van der Waals surface area contributed by atoms with Gasteiger partial charge in [0, 0.05) is 0 Å². The molecule has 1 fully saturated rings. The van der Waals surface area contributed by atoms with Gasteiger partial charge in [0.25, 0.3) is 0 Å². The first kappa shape index (κ1) is 14.7. The minimum atomic E-state index is -0.514. The number of nitrogens with two attached hydrogens (primary N) is 1. The van der Waals surface area contributed by atoms with Crippen molar-refractivity contribution in [1.29, 1.82) is 0 Å². The molecule has 4 N–H and O–H groups in total. The van der Waals surface area contributed by atoms with Crippen LogP contribution in [0.3, 0.4) is 0 Å². The summed E-state index contributed by atoms with van der Waals surface area (Å²) in [5.41, 5.74) is 6.35. The molecule has 0 bridgehead atoms. The SMILES string of the molecule is CC(C)(C)OC(=O)NC1(c2[nH]ncc2N)CCCCC1. The highest BCUT2D eigenvalue weighted by Gasteiger charge is 2.39. The number of amides is 1. The summed E-state index contributed by atoms with van der Waals surface area (Å²) in [6.07, 6.45) is 6.14. The van der Waals surface area contributed by atoms with Crippen LogP contribution in [-0.2, 0) is 10.3 Å². The normalized spacial score (nSPS) is 18.6. The topological polar surface area (TPSA) is 93.0 Å². The van der Waals surface area contributed by atoms with Crippen LogP contribution in [0, 0.1) is 0 Å². The first-order valence-corrected chi connectivity index (χ1v) is 7.13. The number of aromatic amines is 1. The van der Waals surface area contributed by atoms with Gasteiger partial charge in [0.2, 0.25) is 0 Å². The maximum absolute atomic E-state index is 12.1. The second kappa shape index (κ2) is 5.34. The molecule has 0 unspecified atom stereocenters. The Hall–Kier alpha value is -1.72. The maximum atomic E-state index is 12.1. The number of ether oxygens (including phenoxy) is 1. The Morgan fingerprint density at radius 3 is 2.55 bits per heavy atom. The molecule has 20 heavy (non-hydrogen) atoms. The zero-order valence-electron chi connectivity index (χ0n) is 12.5. The fourth-order valence-corrected chi connectivity index (χ4v) is 2.77. The number of nitrogen functional groups attached to an aromatic ring is 1. The van der Waals surface area contributed by atoms with Gasteiger partial charge >= 0.3 is 6.09 Å². The maximum Gasteiger partial charge on any atom is 0.408 e. The van der Waals surface area contributed by atoms with Crippen LogP contribution in [0.25, 0.3) is 0 Å². The molecule has 6 nitrogen and oxygen atoms in total. The highest BCUT2D eigenvalue weighted by atomic mass is 16.6. The molecular weight excluding hydrogens is 256 g/mol. The summed E-state index contributed by atoms with van der Waals surface area (Å²) in [6, 6.07) is 0. The molecule has 6 heteroatoms. The van der Waals surface area contributed by atoms with E-state index in [2.05, 4.69) is 15.5 Å². The van der Waals surface area contributed by atoms with Gasteiger partial charge in [-0.3, -0.25) is 5.10 Å². The summed E-state index contributed by atoms with van der Waals surface area (Å²) < 4.78 is 5.38. The van der Waals surface area contributed by atoms with Crippen LogP contribution in [0.5, 0.6) is 0 Å². The third kappa shape index (κ3) is 3.23. The smallest absolute Gasteiger partial charge is 0.408 e. The van der Waals surface area contributed by atoms with Gasteiger partial charge in [-0.2, -0.15) is 5.10 Å². The molecule has 0 aliphatic heterocycles. The third-order valence-electron chi connectivity index (χ3n) is 3.59. The molecule has 1 amide bonds. The molecule has 1 aliphatic carbocycles. The lowest BCUT2D eigenvalue weighted by Crippen LogP contribution is -2.49. The molecule has 0 spiro atoms. The molecule has 1 aliphatic rings. The Morgan fingerprint density at radius 1 is 1.40 bits per heavy atom. The van der Waals surface area contributed by atoms with E-state index < -0.39 is 17.2 Å². The molecule has 112 valence electrons. The molecule has 1 heterocycles. The predicted octanol–water partition coefficient (Wildman–Crippen LogP) is 2.68. The van der Waals surface area contributed by atoms with Crippen LogP contribution in [-0.4, -0.2) is 21.9 Å². The van der Waals surface area contributed by atoms with E-state index in [-0.39, 0.29) is 0 Å². The van der Waals surface area contributed by atoms with Crippen LogP contribution in [0.1, 0.15) is 58.6 Å². The molecule has 1 aromatic rings. The minimum absolute atomic E-state index is 0.409. The summed E-state index contributed by atoms with van der Waals surface area (Å²) in [4.78, 5) is 12.1. The lowest BCUT2D eigenvalue weighted by Gasteiger charge is -2.37. The summed E-state index contributed by atoms with van der Waals surface area (Å²) in [5.74, 6) is 0. The van der Waals surface area contributed by atoms with E-state index in [1.54, 1.807) is 6.20 Å². The van der Waals surface area contributed by atoms with E-state index in [9.17, 15) is 4.79 Å². The monoisotopic (exact) mass is 280 g/mol. The lowest BCUT2D eigenvalue weighted by atomic mass is 9.79. The Morgan fingerprint density at radius 2 is 2.05 bits per heavy atom. The fraction of sp³-hybridized carbons (Fsp3) is 0.714. The van der Waals surface area contributed by atoms with Crippen LogP contribution >= 0.6 is 0 Å². The van der Waals surface area contributed by atoms with Crippen molar-refractivity contribution in [3.8, 4) is 0 Å². The molecule has 0 aromatic carbocycles. The summed E-state index contributed by atoms with van der Waals surface area (Å²) >= 11 is 0. The van der Waals surface area contributed by atoms with Crippen LogP contribution < -0.4 is 11.1 Å². The Balaban J connectivity index is 2.20.